The summed E-state index contributed by atoms with van der Waals surface area (Å²) in [6.07, 6.45) is 7.47. The van der Waals surface area contributed by atoms with E-state index in [9.17, 15) is 4.21 Å². The lowest BCUT2D eigenvalue weighted by Crippen LogP contribution is -2.35. The Morgan fingerprint density at radius 3 is 2.33 bits per heavy atom. The van der Waals surface area contributed by atoms with E-state index in [4.69, 9.17) is 5.14 Å². The van der Waals surface area contributed by atoms with Gasteiger partial charge >= 0.3 is 0 Å². The Morgan fingerprint density at radius 2 is 1.81 bits per heavy atom. The summed E-state index contributed by atoms with van der Waals surface area (Å²) in [5.74, 6) is 1.16. The number of nitrogens with two attached hydrogens (primary N) is 1. The van der Waals surface area contributed by atoms with Crippen LogP contribution in [-0.4, -0.2) is 8.96 Å². The number of hydrogen-bond acceptors (Lipinski definition) is 1. The SMILES string of the molecule is CC(C)(C[C@@H](c1ccc(Br)cc1)C1CCCCC1)S(N)=O. The lowest BCUT2D eigenvalue weighted by Gasteiger charge is -2.35. The molecule has 2 N–H and O–H groups in total. The van der Waals surface area contributed by atoms with Crippen LogP contribution in [0.2, 0.25) is 0 Å². The van der Waals surface area contributed by atoms with Crippen molar-refractivity contribution in [3.8, 4) is 0 Å². The Hall–Kier alpha value is -0.190. The van der Waals surface area contributed by atoms with Gasteiger partial charge in [0.15, 0.2) is 0 Å². The van der Waals surface area contributed by atoms with Crippen molar-refractivity contribution in [1.82, 2.24) is 0 Å². The summed E-state index contributed by atoms with van der Waals surface area (Å²) in [6, 6.07) is 8.63. The smallest absolute Gasteiger partial charge is 0.0945 e. The molecule has 1 fully saturated rings. The summed E-state index contributed by atoms with van der Waals surface area (Å²) in [6.45, 7) is 4.05. The van der Waals surface area contributed by atoms with E-state index in [0.717, 1.165) is 10.9 Å². The topological polar surface area (TPSA) is 43.1 Å². The van der Waals surface area contributed by atoms with Gasteiger partial charge in [-0.15, -0.1) is 0 Å². The molecule has 1 saturated carbocycles. The van der Waals surface area contributed by atoms with Crippen molar-refractivity contribution in [2.75, 3.05) is 0 Å². The molecular formula is C17H26BrNOS. The van der Waals surface area contributed by atoms with Crippen molar-refractivity contribution in [1.29, 1.82) is 0 Å². The second kappa shape index (κ2) is 7.38. The van der Waals surface area contributed by atoms with Crippen LogP contribution >= 0.6 is 15.9 Å². The highest BCUT2D eigenvalue weighted by molar-refractivity contribution is 9.10. The molecule has 1 aromatic rings. The van der Waals surface area contributed by atoms with Gasteiger partial charge in [0.25, 0.3) is 0 Å². The zero-order valence-corrected chi connectivity index (χ0v) is 15.4. The maximum absolute atomic E-state index is 11.9. The zero-order chi connectivity index (χ0) is 15.5. The van der Waals surface area contributed by atoms with Gasteiger partial charge in [0, 0.05) is 4.47 Å². The molecule has 2 rings (SSSR count). The lowest BCUT2D eigenvalue weighted by atomic mass is 9.73. The zero-order valence-electron chi connectivity index (χ0n) is 13.0. The van der Waals surface area contributed by atoms with Crippen molar-refractivity contribution in [3.05, 3.63) is 34.3 Å². The highest BCUT2D eigenvalue weighted by Crippen LogP contribution is 2.41. The number of rotatable bonds is 5. The van der Waals surface area contributed by atoms with E-state index in [-0.39, 0.29) is 4.75 Å². The maximum atomic E-state index is 11.9. The predicted octanol–water partition coefficient (Wildman–Crippen LogP) is 4.90. The quantitative estimate of drug-likeness (QED) is 0.785. The Kier molecular flexibility index (Phi) is 6.04. The Bertz CT molecular complexity index is 480. The van der Waals surface area contributed by atoms with Crippen molar-refractivity contribution in [2.24, 2.45) is 11.1 Å². The van der Waals surface area contributed by atoms with E-state index in [0.29, 0.717) is 11.8 Å². The summed E-state index contributed by atoms with van der Waals surface area (Å²) >= 11 is 3.51. The molecule has 4 heteroatoms. The van der Waals surface area contributed by atoms with Crippen LogP contribution in [0.3, 0.4) is 0 Å². The van der Waals surface area contributed by atoms with Crippen molar-refractivity contribution in [2.45, 2.75) is 63.0 Å². The summed E-state index contributed by atoms with van der Waals surface area (Å²) in [5.41, 5.74) is 1.36. The molecular weight excluding hydrogens is 346 g/mol. The molecule has 2 atom stereocenters. The summed E-state index contributed by atoms with van der Waals surface area (Å²) in [7, 11) is -1.29. The third-order valence-electron chi connectivity index (χ3n) is 4.77. The third kappa shape index (κ3) is 4.64. The van der Waals surface area contributed by atoms with Crippen molar-refractivity contribution >= 4 is 26.9 Å². The van der Waals surface area contributed by atoms with Crippen LogP contribution < -0.4 is 5.14 Å². The van der Waals surface area contributed by atoms with Gasteiger partial charge in [-0.3, -0.25) is 5.14 Å². The Labute approximate surface area is 139 Å². The fourth-order valence-electron chi connectivity index (χ4n) is 3.41. The molecule has 0 heterocycles. The second-order valence-electron chi connectivity index (χ2n) is 6.82. The largest absolute Gasteiger partial charge is 0.251 e. The first kappa shape index (κ1) is 17.2. The van der Waals surface area contributed by atoms with Crippen molar-refractivity contribution < 1.29 is 4.21 Å². The fraction of sp³-hybridized carbons (Fsp3) is 0.647. The average Bonchev–Trinajstić information content (AvgIpc) is 2.47. The van der Waals surface area contributed by atoms with Crippen LogP contribution in [0.15, 0.2) is 28.7 Å². The highest BCUT2D eigenvalue weighted by atomic mass is 79.9. The normalized spacial score (nSPS) is 20.2. The fourth-order valence-corrected chi connectivity index (χ4v) is 4.02. The molecule has 0 spiro atoms. The van der Waals surface area contributed by atoms with Gasteiger partial charge in [0.2, 0.25) is 0 Å². The molecule has 1 unspecified atom stereocenters. The van der Waals surface area contributed by atoms with E-state index in [1.54, 1.807) is 0 Å². The molecule has 1 aromatic carbocycles. The van der Waals surface area contributed by atoms with Gasteiger partial charge in [-0.05, 0) is 62.6 Å². The average molecular weight is 372 g/mol. The number of benzene rings is 1. The van der Waals surface area contributed by atoms with Gasteiger partial charge in [-0.25, -0.2) is 4.21 Å². The second-order valence-corrected chi connectivity index (χ2v) is 9.43. The summed E-state index contributed by atoms with van der Waals surface area (Å²) in [5, 5.41) is 5.71. The Morgan fingerprint density at radius 1 is 1.24 bits per heavy atom. The molecule has 1 aliphatic rings. The van der Waals surface area contributed by atoms with Gasteiger partial charge in [-0.2, -0.15) is 0 Å². The summed E-state index contributed by atoms with van der Waals surface area (Å²) in [4.78, 5) is 0. The van der Waals surface area contributed by atoms with E-state index >= 15 is 0 Å². The standard InChI is InChI=1S/C17H26BrNOS/c1-17(2,21(19)20)12-16(13-6-4-3-5-7-13)14-8-10-15(18)11-9-14/h8-11,13,16H,3-7,12,19H2,1-2H3/t16-,21?/m1/s1. The molecule has 0 aliphatic heterocycles. The van der Waals surface area contributed by atoms with Crippen LogP contribution in [0.1, 0.15) is 63.9 Å². The first-order chi connectivity index (χ1) is 9.90. The van der Waals surface area contributed by atoms with Crippen LogP contribution in [0.25, 0.3) is 0 Å². The van der Waals surface area contributed by atoms with Gasteiger partial charge in [0.1, 0.15) is 0 Å². The number of hydrogen-bond donors (Lipinski definition) is 1. The molecule has 0 aromatic heterocycles. The first-order valence-electron chi connectivity index (χ1n) is 7.82. The molecule has 2 nitrogen and oxygen atoms in total. The first-order valence-corrected chi connectivity index (χ1v) is 9.82. The lowest BCUT2D eigenvalue weighted by molar-refractivity contribution is 0.282. The van der Waals surface area contributed by atoms with Crippen LogP contribution in [0.5, 0.6) is 0 Å². The minimum atomic E-state index is -1.29. The maximum Gasteiger partial charge on any atom is 0.0945 e. The molecule has 0 bridgehead atoms. The monoisotopic (exact) mass is 371 g/mol. The third-order valence-corrected chi connectivity index (χ3v) is 6.56. The number of halogens is 1. The van der Waals surface area contributed by atoms with E-state index in [2.05, 4.69) is 40.2 Å². The van der Waals surface area contributed by atoms with Crippen molar-refractivity contribution in [3.63, 3.8) is 0 Å². The van der Waals surface area contributed by atoms with Gasteiger partial charge in [0.05, 0.1) is 15.7 Å². The molecule has 21 heavy (non-hydrogen) atoms. The molecule has 118 valence electrons. The minimum Gasteiger partial charge on any atom is -0.251 e. The van der Waals surface area contributed by atoms with E-state index in [1.165, 1.54) is 37.7 Å². The van der Waals surface area contributed by atoms with E-state index < -0.39 is 11.0 Å². The molecule has 0 amide bonds. The van der Waals surface area contributed by atoms with Crippen LogP contribution in [0, 0.1) is 5.92 Å². The van der Waals surface area contributed by atoms with Gasteiger partial charge < -0.3 is 0 Å². The highest BCUT2D eigenvalue weighted by Gasteiger charge is 2.33. The van der Waals surface area contributed by atoms with Gasteiger partial charge in [-0.1, -0.05) is 47.3 Å². The predicted molar refractivity (Wildman–Crippen MR) is 94.5 cm³/mol. The molecule has 0 saturated heterocycles. The minimum absolute atomic E-state index is 0.338. The molecule has 1 aliphatic carbocycles. The Balaban J connectivity index is 2.25. The van der Waals surface area contributed by atoms with E-state index in [1.807, 2.05) is 13.8 Å². The summed E-state index contributed by atoms with van der Waals surface area (Å²) < 4.78 is 12.6. The van der Waals surface area contributed by atoms with Crippen LogP contribution in [-0.2, 0) is 11.0 Å². The molecule has 0 radical (unpaired) electrons. The van der Waals surface area contributed by atoms with Crippen LogP contribution in [0.4, 0.5) is 0 Å².